The Balaban J connectivity index is 1.35. The average Bonchev–Trinajstić information content (AvgIpc) is 3.75. The monoisotopic (exact) mass is 587 g/mol. The highest BCUT2D eigenvalue weighted by Crippen LogP contribution is 2.34. The van der Waals surface area contributed by atoms with Gasteiger partial charge in [0, 0.05) is 31.3 Å². The summed E-state index contributed by atoms with van der Waals surface area (Å²) >= 11 is 12.4. The summed E-state index contributed by atoms with van der Waals surface area (Å²) in [6.07, 6.45) is 3.77. The maximum atomic E-state index is 13.6. The van der Waals surface area contributed by atoms with Crippen LogP contribution in [0.3, 0.4) is 0 Å². The largest absolute Gasteiger partial charge is 0.619 e. The van der Waals surface area contributed by atoms with Gasteiger partial charge in [0.25, 0.3) is 0 Å². The van der Waals surface area contributed by atoms with Gasteiger partial charge in [-0.3, -0.25) is 4.79 Å². The van der Waals surface area contributed by atoms with Crippen LogP contribution >= 0.6 is 23.2 Å². The summed E-state index contributed by atoms with van der Waals surface area (Å²) in [6, 6.07) is 14.4. The van der Waals surface area contributed by atoms with Crippen LogP contribution in [0.2, 0.25) is 10.0 Å². The summed E-state index contributed by atoms with van der Waals surface area (Å²) < 4.78 is 12.2. The SMILES string of the molecule is Cc1cc(Cl)c(OCCOc2ccc(CC(CNC(=O)O)C(=O)N(Cc3cc[n+]([O-])cc3)C3CC3)cc2)c(Cl)c1. The van der Waals surface area contributed by atoms with Crippen molar-refractivity contribution in [2.45, 2.75) is 38.8 Å². The predicted molar refractivity (Wildman–Crippen MR) is 151 cm³/mol. The molecule has 1 aliphatic rings. The first-order valence-electron chi connectivity index (χ1n) is 12.9. The molecule has 11 heteroatoms. The summed E-state index contributed by atoms with van der Waals surface area (Å²) in [6.45, 7) is 2.77. The molecule has 1 aliphatic carbocycles. The zero-order chi connectivity index (χ0) is 28.6. The van der Waals surface area contributed by atoms with E-state index in [1.165, 1.54) is 12.4 Å². The number of nitrogens with one attached hydrogen (secondary N) is 1. The van der Waals surface area contributed by atoms with Gasteiger partial charge < -0.3 is 30.0 Å². The lowest BCUT2D eigenvalue weighted by Crippen LogP contribution is -2.43. The van der Waals surface area contributed by atoms with Crippen molar-refractivity contribution in [1.29, 1.82) is 0 Å². The number of hydrogen-bond acceptors (Lipinski definition) is 5. The zero-order valence-corrected chi connectivity index (χ0v) is 23.5. The Morgan fingerprint density at radius 3 is 2.27 bits per heavy atom. The van der Waals surface area contributed by atoms with Gasteiger partial charge in [-0.05, 0) is 67.1 Å². The van der Waals surface area contributed by atoms with Crippen LogP contribution in [0.1, 0.15) is 29.5 Å². The van der Waals surface area contributed by atoms with Crippen molar-refractivity contribution in [3.05, 3.63) is 92.9 Å². The molecule has 1 atom stereocenters. The Morgan fingerprint density at radius 1 is 1.05 bits per heavy atom. The molecule has 1 aromatic heterocycles. The molecule has 2 N–H and O–H groups in total. The van der Waals surface area contributed by atoms with Gasteiger partial charge in [-0.15, -0.1) is 0 Å². The normalized spacial score (nSPS) is 13.4. The number of carboxylic acid groups (broad SMARTS) is 1. The highest BCUT2D eigenvalue weighted by molar-refractivity contribution is 6.37. The maximum absolute atomic E-state index is 13.6. The number of benzene rings is 2. The van der Waals surface area contributed by atoms with E-state index in [0.717, 1.165) is 29.5 Å². The number of halogens is 2. The van der Waals surface area contributed by atoms with Gasteiger partial charge in [-0.1, -0.05) is 35.3 Å². The fraction of sp³-hybridized carbons (Fsp3) is 0.345. The maximum Gasteiger partial charge on any atom is 0.404 e. The molecule has 3 aromatic rings. The second-order valence-corrected chi connectivity index (χ2v) is 10.6. The molecule has 0 spiro atoms. The number of aryl methyl sites for hydroxylation is 1. The molecule has 1 fully saturated rings. The van der Waals surface area contributed by atoms with Crippen LogP contribution in [-0.4, -0.2) is 47.8 Å². The Morgan fingerprint density at radius 2 is 1.68 bits per heavy atom. The molecule has 0 saturated heterocycles. The Bertz CT molecular complexity index is 1290. The van der Waals surface area contributed by atoms with Gasteiger partial charge in [0.2, 0.25) is 5.91 Å². The van der Waals surface area contributed by atoms with Gasteiger partial charge in [-0.2, -0.15) is 4.73 Å². The van der Waals surface area contributed by atoms with E-state index >= 15 is 0 Å². The van der Waals surface area contributed by atoms with Crippen molar-refractivity contribution < 1.29 is 28.9 Å². The molecule has 0 aliphatic heterocycles. The van der Waals surface area contributed by atoms with Crippen molar-refractivity contribution in [3.8, 4) is 11.5 Å². The first-order chi connectivity index (χ1) is 19.2. The summed E-state index contributed by atoms with van der Waals surface area (Å²) in [5.41, 5.74) is 2.65. The number of carbonyl (C=O) groups excluding carboxylic acids is 1. The first-order valence-corrected chi connectivity index (χ1v) is 13.7. The van der Waals surface area contributed by atoms with Gasteiger partial charge in [0.15, 0.2) is 18.1 Å². The van der Waals surface area contributed by atoms with E-state index in [1.807, 2.05) is 19.1 Å². The molecule has 40 heavy (non-hydrogen) atoms. The molecule has 9 nitrogen and oxygen atoms in total. The predicted octanol–water partition coefficient (Wildman–Crippen LogP) is 5.01. The number of pyridine rings is 1. The number of ether oxygens (including phenoxy) is 2. The van der Waals surface area contributed by atoms with Crippen LogP contribution in [0.5, 0.6) is 11.5 Å². The lowest BCUT2D eigenvalue weighted by atomic mass is 9.97. The van der Waals surface area contributed by atoms with Crippen molar-refractivity contribution >= 4 is 35.2 Å². The third-order valence-electron chi connectivity index (χ3n) is 6.49. The topological polar surface area (TPSA) is 115 Å². The van der Waals surface area contributed by atoms with Crippen molar-refractivity contribution in [1.82, 2.24) is 10.2 Å². The number of amides is 2. The zero-order valence-electron chi connectivity index (χ0n) is 22.0. The van der Waals surface area contributed by atoms with E-state index in [9.17, 15) is 19.9 Å². The molecule has 1 saturated carbocycles. The number of carbonyl (C=O) groups is 2. The van der Waals surface area contributed by atoms with Crippen LogP contribution in [0, 0.1) is 18.0 Å². The molecule has 1 heterocycles. The minimum atomic E-state index is -1.18. The molecule has 2 aromatic carbocycles. The van der Waals surface area contributed by atoms with Crippen molar-refractivity contribution in [2.24, 2.45) is 5.92 Å². The van der Waals surface area contributed by atoms with E-state index in [4.69, 9.17) is 32.7 Å². The summed E-state index contributed by atoms with van der Waals surface area (Å²) in [4.78, 5) is 26.6. The molecule has 0 radical (unpaired) electrons. The third-order valence-corrected chi connectivity index (χ3v) is 7.05. The highest BCUT2D eigenvalue weighted by Gasteiger charge is 2.36. The molecule has 4 rings (SSSR count). The molecular weight excluding hydrogens is 557 g/mol. The molecule has 1 unspecified atom stereocenters. The minimum absolute atomic E-state index is 0.00748. The van der Waals surface area contributed by atoms with E-state index in [0.29, 0.717) is 39.2 Å². The van der Waals surface area contributed by atoms with Crippen LogP contribution in [0.25, 0.3) is 0 Å². The smallest absolute Gasteiger partial charge is 0.404 e. The molecular formula is C29H31Cl2N3O6. The lowest BCUT2D eigenvalue weighted by molar-refractivity contribution is -0.605. The highest BCUT2D eigenvalue weighted by atomic mass is 35.5. The second-order valence-electron chi connectivity index (χ2n) is 9.75. The summed E-state index contributed by atoms with van der Waals surface area (Å²) in [5.74, 6) is 0.328. The van der Waals surface area contributed by atoms with E-state index in [1.54, 1.807) is 41.3 Å². The summed E-state index contributed by atoms with van der Waals surface area (Å²) in [5, 5.41) is 23.8. The fourth-order valence-corrected chi connectivity index (χ4v) is 5.05. The van der Waals surface area contributed by atoms with Crippen LogP contribution in [0.4, 0.5) is 4.79 Å². The van der Waals surface area contributed by atoms with E-state index in [2.05, 4.69) is 5.32 Å². The molecule has 212 valence electrons. The van der Waals surface area contributed by atoms with Gasteiger partial charge in [-0.25, -0.2) is 4.79 Å². The molecule has 0 bridgehead atoms. The molecule has 2 amide bonds. The van der Waals surface area contributed by atoms with Gasteiger partial charge in [0.1, 0.15) is 19.0 Å². The van der Waals surface area contributed by atoms with Crippen molar-refractivity contribution in [2.75, 3.05) is 19.8 Å². The third kappa shape index (κ3) is 8.40. The van der Waals surface area contributed by atoms with Gasteiger partial charge in [0.05, 0.1) is 16.0 Å². The quantitative estimate of drug-likeness (QED) is 0.165. The van der Waals surface area contributed by atoms with E-state index < -0.39 is 12.0 Å². The second kappa shape index (κ2) is 13.6. The fourth-order valence-electron chi connectivity index (χ4n) is 4.34. The van der Waals surface area contributed by atoms with Crippen LogP contribution in [0.15, 0.2) is 60.9 Å². The van der Waals surface area contributed by atoms with Gasteiger partial charge >= 0.3 is 6.09 Å². The number of aromatic nitrogens is 1. The van der Waals surface area contributed by atoms with Crippen LogP contribution < -0.4 is 19.5 Å². The Kier molecular flexibility index (Phi) is 9.95. The number of nitrogens with zero attached hydrogens (tertiary/aromatic N) is 2. The minimum Gasteiger partial charge on any atom is -0.619 e. The standard InChI is InChI=1S/C29H31Cl2N3O6/c1-19-14-25(30)27(26(31)15-19)40-13-12-39-24-6-2-20(3-7-24)16-22(17-32-29(36)37)28(35)34(23-4-5-23)18-21-8-10-33(38)11-9-21/h2-3,6-11,14-15,22-23,32H,4-5,12-13,16-18H2,1H3,(H,36,37). The average molecular weight is 588 g/mol. The Labute approximate surface area is 242 Å². The number of rotatable bonds is 13. The van der Waals surface area contributed by atoms with Crippen molar-refractivity contribution in [3.63, 3.8) is 0 Å². The summed E-state index contributed by atoms with van der Waals surface area (Å²) in [7, 11) is 0. The van der Waals surface area contributed by atoms with Crippen LogP contribution in [-0.2, 0) is 17.8 Å². The number of hydrogen-bond donors (Lipinski definition) is 2. The first kappa shape index (κ1) is 29.3. The lowest BCUT2D eigenvalue weighted by Gasteiger charge is -2.27. The van der Waals surface area contributed by atoms with E-state index in [-0.39, 0.29) is 31.7 Å². The Hall–Kier alpha value is -3.69.